The quantitative estimate of drug-likeness (QED) is 0.892. The standard InChI is InChI=1S/C14H21ClN2O2/c1-9(16)7-10-8-11(15)5-6-12(10)17-13(18)19-14(2,3)4/h5-6,8-9H,7,16H2,1-4H3,(H,17,18)/t9-/m0/s1. The highest BCUT2D eigenvalue weighted by atomic mass is 35.5. The summed E-state index contributed by atoms with van der Waals surface area (Å²) in [7, 11) is 0. The number of hydrogen-bond donors (Lipinski definition) is 2. The van der Waals surface area contributed by atoms with Crippen molar-refractivity contribution >= 4 is 23.4 Å². The van der Waals surface area contributed by atoms with Crippen LogP contribution in [0, 0.1) is 0 Å². The summed E-state index contributed by atoms with van der Waals surface area (Å²) in [6.45, 7) is 7.35. The van der Waals surface area contributed by atoms with E-state index in [9.17, 15) is 4.79 Å². The highest BCUT2D eigenvalue weighted by molar-refractivity contribution is 6.30. The molecule has 0 spiro atoms. The van der Waals surface area contributed by atoms with Crippen molar-refractivity contribution in [3.05, 3.63) is 28.8 Å². The maximum Gasteiger partial charge on any atom is 0.412 e. The lowest BCUT2D eigenvalue weighted by molar-refractivity contribution is 0.0636. The van der Waals surface area contributed by atoms with E-state index in [2.05, 4.69) is 5.32 Å². The van der Waals surface area contributed by atoms with Gasteiger partial charge in [0.1, 0.15) is 5.60 Å². The molecule has 0 aliphatic heterocycles. The topological polar surface area (TPSA) is 64.3 Å². The molecule has 1 rings (SSSR count). The third kappa shape index (κ3) is 5.94. The molecule has 4 nitrogen and oxygen atoms in total. The first-order valence-electron chi connectivity index (χ1n) is 6.21. The number of rotatable bonds is 3. The molecule has 0 aromatic heterocycles. The zero-order valence-corrected chi connectivity index (χ0v) is 12.5. The summed E-state index contributed by atoms with van der Waals surface area (Å²) < 4.78 is 5.22. The van der Waals surface area contributed by atoms with Crippen LogP contribution in [0.3, 0.4) is 0 Å². The molecule has 1 aromatic rings. The number of nitrogens with one attached hydrogen (secondary N) is 1. The Balaban J connectivity index is 2.85. The zero-order chi connectivity index (χ0) is 14.6. The lowest BCUT2D eigenvalue weighted by Gasteiger charge is -2.20. The molecule has 5 heteroatoms. The first kappa shape index (κ1) is 15.8. The van der Waals surface area contributed by atoms with Gasteiger partial charge in [-0.2, -0.15) is 0 Å². The van der Waals surface area contributed by atoms with Crippen LogP contribution >= 0.6 is 11.6 Å². The second kappa shape index (κ2) is 6.26. The summed E-state index contributed by atoms with van der Waals surface area (Å²) in [5.74, 6) is 0. The van der Waals surface area contributed by atoms with Crippen LogP contribution in [0.5, 0.6) is 0 Å². The van der Waals surface area contributed by atoms with Crippen molar-refractivity contribution in [2.24, 2.45) is 5.73 Å². The third-order valence-corrected chi connectivity index (χ3v) is 2.48. The van der Waals surface area contributed by atoms with Crippen molar-refractivity contribution < 1.29 is 9.53 Å². The molecule has 0 saturated heterocycles. The van der Waals surface area contributed by atoms with Gasteiger partial charge in [0.05, 0.1) is 0 Å². The zero-order valence-electron chi connectivity index (χ0n) is 11.8. The number of carbonyl (C=O) groups is 1. The summed E-state index contributed by atoms with van der Waals surface area (Å²) >= 11 is 5.96. The van der Waals surface area contributed by atoms with Gasteiger partial charge in [0, 0.05) is 16.8 Å². The van der Waals surface area contributed by atoms with E-state index in [1.54, 1.807) is 18.2 Å². The fraction of sp³-hybridized carbons (Fsp3) is 0.500. The number of carbonyl (C=O) groups excluding carboxylic acids is 1. The second-order valence-corrected chi connectivity index (χ2v) is 6.05. The average Bonchev–Trinajstić information content (AvgIpc) is 2.18. The maximum absolute atomic E-state index is 11.8. The number of amides is 1. The molecule has 0 fully saturated rings. The Morgan fingerprint density at radius 1 is 1.47 bits per heavy atom. The molecule has 0 aliphatic rings. The molecule has 0 unspecified atom stereocenters. The van der Waals surface area contributed by atoms with Gasteiger partial charge in [0.2, 0.25) is 0 Å². The van der Waals surface area contributed by atoms with Crippen LogP contribution in [0.2, 0.25) is 5.02 Å². The van der Waals surface area contributed by atoms with Crippen LogP contribution in [0.15, 0.2) is 18.2 Å². The van der Waals surface area contributed by atoms with Crippen molar-refractivity contribution in [3.8, 4) is 0 Å². The number of ether oxygens (including phenoxy) is 1. The fourth-order valence-corrected chi connectivity index (χ4v) is 1.81. The molecule has 1 atom stereocenters. The summed E-state index contributed by atoms with van der Waals surface area (Å²) in [5.41, 5.74) is 6.83. The molecule has 1 aromatic carbocycles. The number of hydrogen-bond acceptors (Lipinski definition) is 3. The van der Waals surface area contributed by atoms with Crippen LogP contribution < -0.4 is 11.1 Å². The van der Waals surface area contributed by atoms with E-state index in [-0.39, 0.29) is 6.04 Å². The molecular weight excluding hydrogens is 264 g/mol. The Morgan fingerprint density at radius 3 is 2.63 bits per heavy atom. The third-order valence-electron chi connectivity index (χ3n) is 2.24. The van der Waals surface area contributed by atoms with Gasteiger partial charge >= 0.3 is 6.09 Å². The van der Waals surface area contributed by atoms with Gasteiger partial charge in [0.25, 0.3) is 0 Å². The van der Waals surface area contributed by atoms with Gasteiger partial charge in [-0.1, -0.05) is 11.6 Å². The fourth-order valence-electron chi connectivity index (χ4n) is 1.61. The number of anilines is 1. The normalized spacial score (nSPS) is 12.9. The predicted octanol–water partition coefficient (Wildman–Crippen LogP) is 3.58. The first-order valence-corrected chi connectivity index (χ1v) is 6.59. The number of nitrogens with two attached hydrogens (primary N) is 1. The number of benzene rings is 1. The van der Waals surface area contributed by atoms with Crippen molar-refractivity contribution in [2.75, 3.05) is 5.32 Å². The molecular formula is C14H21ClN2O2. The molecule has 0 bridgehead atoms. The molecule has 106 valence electrons. The van der Waals surface area contributed by atoms with Crippen molar-refractivity contribution in [1.29, 1.82) is 0 Å². The molecule has 0 radical (unpaired) electrons. The van der Waals surface area contributed by atoms with Crippen molar-refractivity contribution in [3.63, 3.8) is 0 Å². The van der Waals surface area contributed by atoms with Crippen LogP contribution in [-0.2, 0) is 11.2 Å². The molecule has 19 heavy (non-hydrogen) atoms. The lowest BCUT2D eigenvalue weighted by atomic mass is 10.1. The molecule has 0 aliphatic carbocycles. The summed E-state index contributed by atoms with van der Waals surface area (Å²) in [4.78, 5) is 11.8. The highest BCUT2D eigenvalue weighted by Crippen LogP contribution is 2.22. The minimum absolute atomic E-state index is 0.0161. The van der Waals surface area contributed by atoms with Gasteiger partial charge in [-0.05, 0) is 57.9 Å². The summed E-state index contributed by atoms with van der Waals surface area (Å²) in [5, 5.41) is 3.34. The molecule has 0 heterocycles. The van der Waals surface area contributed by atoms with Gasteiger partial charge < -0.3 is 10.5 Å². The van der Waals surface area contributed by atoms with E-state index in [4.69, 9.17) is 22.1 Å². The Morgan fingerprint density at radius 2 is 2.11 bits per heavy atom. The number of halogens is 1. The SMILES string of the molecule is C[C@H](N)Cc1cc(Cl)ccc1NC(=O)OC(C)(C)C. The van der Waals surface area contributed by atoms with E-state index < -0.39 is 11.7 Å². The summed E-state index contributed by atoms with van der Waals surface area (Å²) in [6.07, 6.45) is 0.145. The van der Waals surface area contributed by atoms with E-state index in [1.165, 1.54) is 0 Å². The smallest absolute Gasteiger partial charge is 0.412 e. The average molecular weight is 285 g/mol. The molecule has 1 amide bonds. The minimum atomic E-state index is -0.530. The minimum Gasteiger partial charge on any atom is -0.444 e. The van der Waals surface area contributed by atoms with Crippen molar-refractivity contribution in [2.45, 2.75) is 45.8 Å². The largest absolute Gasteiger partial charge is 0.444 e. The Labute approximate surface area is 119 Å². The van der Waals surface area contributed by atoms with Crippen LogP contribution in [-0.4, -0.2) is 17.7 Å². The Hall–Kier alpha value is -1.26. The molecule has 3 N–H and O–H groups in total. The molecule has 0 saturated carbocycles. The Bertz CT molecular complexity index is 453. The highest BCUT2D eigenvalue weighted by Gasteiger charge is 2.17. The van der Waals surface area contributed by atoms with Gasteiger partial charge in [0.15, 0.2) is 0 Å². The van der Waals surface area contributed by atoms with Gasteiger partial charge in [-0.25, -0.2) is 4.79 Å². The monoisotopic (exact) mass is 284 g/mol. The van der Waals surface area contributed by atoms with Crippen molar-refractivity contribution in [1.82, 2.24) is 0 Å². The van der Waals surface area contributed by atoms with Crippen LogP contribution in [0.25, 0.3) is 0 Å². The van der Waals surface area contributed by atoms with E-state index in [0.717, 1.165) is 5.56 Å². The van der Waals surface area contributed by atoms with Crippen LogP contribution in [0.1, 0.15) is 33.3 Å². The van der Waals surface area contributed by atoms with E-state index >= 15 is 0 Å². The summed E-state index contributed by atoms with van der Waals surface area (Å²) in [6, 6.07) is 5.26. The van der Waals surface area contributed by atoms with E-state index in [1.807, 2.05) is 27.7 Å². The maximum atomic E-state index is 11.8. The van der Waals surface area contributed by atoms with Gasteiger partial charge in [-0.3, -0.25) is 5.32 Å². The van der Waals surface area contributed by atoms with Gasteiger partial charge in [-0.15, -0.1) is 0 Å². The van der Waals surface area contributed by atoms with Crippen LogP contribution in [0.4, 0.5) is 10.5 Å². The first-order chi connectivity index (χ1) is 8.67. The lowest BCUT2D eigenvalue weighted by Crippen LogP contribution is -2.28. The second-order valence-electron chi connectivity index (χ2n) is 5.61. The van der Waals surface area contributed by atoms with E-state index in [0.29, 0.717) is 17.1 Å². The Kier molecular flexibility index (Phi) is 5.20. The predicted molar refractivity (Wildman–Crippen MR) is 78.7 cm³/mol.